The van der Waals surface area contributed by atoms with Crippen LogP contribution in [0.2, 0.25) is 0 Å². The van der Waals surface area contributed by atoms with Gasteiger partial charge in [0.1, 0.15) is 0 Å². The molecule has 1 saturated heterocycles. The summed E-state index contributed by atoms with van der Waals surface area (Å²) >= 11 is 0. The summed E-state index contributed by atoms with van der Waals surface area (Å²) in [6, 6.07) is 10.3. The van der Waals surface area contributed by atoms with Crippen molar-refractivity contribution in [2.24, 2.45) is 5.73 Å². The number of benzene rings is 1. The third kappa shape index (κ3) is 2.49. The second-order valence-corrected chi connectivity index (χ2v) is 4.26. The lowest BCUT2D eigenvalue weighted by atomic mass is 9.90. The molecule has 0 amide bonds. The van der Waals surface area contributed by atoms with Crippen LogP contribution in [-0.2, 0) is 0 Å². The van der Waals surface area contributed by atoms with E-state index in [1.807, 2.05) is 18.2 Å². The fraction of sp³-hybridized carbons (Fsp3) is 0.500. The van der Waals surface area contributed by atoms with Crippen LogP contribution in [0.4, 0.5) is 5.69 Å². The average Bonchev–Trinajstić information content (AvgIpc) is 2.32. The number of para-hydroxylation sites is 1. The zero-order valence-electron chi connectivity index (χ0n) is 9.00. The summed E-state index contributed by atoms with van der Waals surface area (Å²) in [6.45, 7) is 2.74. The van der Waals surface area contributed by atoms with Gasteiger partial charge in [-0.2, -0.15) is 0 Å². The zero-order chi connectivity index (χ0) is 10.6. The Morgan fingerprint density at radius 2 is 2.13 bits per heavy atom. The summed E-state index contributed by atoms with van der Waals surface area (Å²) in [6.07, 6.45) is 2.34. The second kappa shape index (κ2) is 4.64. The number of piperidine rings is 1. The maximum atomic E-state index is 5.88. The predicted octanol–water partition coefficient (Wildman–Crippen LogP) is 1.18. The highest BCUT2D eigenvalue weighted by Crippen LogP contribution is 2.21. The molecule has 4 N–H and O–H groups in total. The number of anilines is 1. The van der Waals surface area contributed by atoms with Gasteiger partial charge in [-0.3, -0.25) is 0 Å². The molecule has 0 bridgehead atoms. The molecule has 15 heavy (non-hydrogen) atoms. The lowest BCUT2D eigenvalue weighted by Crippen LogP contribution is -2.56. The van der Waals surface area contributed by atoms with Crippen molar-refractivity contribution in [3.05, 3.63) is 30.3 Å². The van der Waals surface area contributed by atoms with E-state index in [4.69, 9.17) is 5.73 Å². The van der Waals surface area contributed by atoms with Crippen LogP contribution in [-0.4, -0.2) is 25.2 Å². The van der Waals surface area contributed by atoms with Crippen molar-refractivity contribution in [3.63, 3.8) is 0 Å². The standard InChI is InChI=1S/C12H19N3/c13-9-12(7-4-8-14-10-12)15-11-5-2-1-3-6-11/h1-3,5-6,14-15H,4,7-10,13H2. The summed E-state index contributed by atoms with van der Waals surface area (Å²) in [4.78, 5) is 0. The Morgan fingerprint density at radius 1 is 1.33 bits per heavy atom. The van der Waals surface area contributed by atoms with Gasteiger partial charge in [0.2, 0.25) is 0 Å². The molecule has 1 unspecified atom stereocenters. The van der Waals surface area contributed by atoms with Crippen molar-refractivity contribution < 1.29 is 0 Å². The van der Waals surface area contributed by atoms with E-state index in [9.17, 15) is 0 Å². The lowest BCUT2D eigenvalue weighted by Gasteiger charge is -2.38. The van der Waals surface area contributed by atoms with Crippen molar-refractivity contribution in [1.29, 1.82) is 0 Å². The minimum atomic E-state index is 0.0413. The highest BCUT2D eigenvalue weighted by atomic mass is 15.1. The van der Waals surface area contributed by atoms with Crippen LogP contribution in [0.1, 0.15) is 12.8 Å². The van der Waals surface area contributed by atoms with E-state index in [1.54, 1.807) is 0 Å². The first-order valence-corrected chi connectivity index (χ1v) is 5.59. The average molecular weight is 205 g/mol. The number of nitrogens with two attached hydrogens (primary N) is 1. The van der Waals surface area contributed by atoms with Gasteiger partial charge in [-0.05, 0) is 31.5 Å². The molecule has 3 heteroatoms. The number of nitrogens with one attached hydrogen (secondary N) is 2. The van der Waals surface area contributed by atoms with E-state index in [1.165, 1.54) is 6.42 Å². The zero-order valence-corrected chi connectivity index (χ0v) is 9.00. The molecule has 0 aromatic heterocycles. The van der Waals surface area contributed by atoms with Crippen molar-refractivity contribution >= 4 is 5.69 Å². The molecule has 0 saturated carbocycles. The number of rotatable bonds is 3. The van der Waals surface area contributed by atoms with Gasteiger partial charge in [0.25, 0.3) is 0 Å². The molecular weight excluding hydrogens is 186 g/mol. The first-order valence-electron chi connectivity index (χ1n) is 5.59. The normalized spacial score (nSPS) is 26.2. The topological polar surface area (TPSA) is 50.1 Å². The van der Waals surface area contributed by atoms with Crippen LogP contribution >= 0.6 is 0 Å². The van der Waals surface area contributed by atoms with Gasteiger partial charge in [-0.25, -0.2) is 0 Å². The molecule has 1 atom stereocenters. The fourth-order valence-corrected chi connectivity index (χ4v) is 2.13. The number of hydrogen-bond acceptors (Lipinski definition) is 3. The number of hydrogen-bond donors (Lipinski definition) is 3. The Morgan fingerprint density at radius 3 is 2.73 bits per heavy atom. The van der Waals surface area contributed by atoms with E-state index < -0.39 is 0 Å². The van der Waals surface area contributed by atoms with E-state index in [0.717, 1.165) is 25.2 Å². The maximum Gasteiger partial charge on any atom is 0.0620 e. The minimum absolute atomic E-state index is 0.0413. The Balaban J connectivity index is 2.07. The first kappa shape index (κ1) is 10.5. The largest absolute Gasteiger partial charge is 0.377 e. The Kier molecular flexibility index (Phi) is 3.23. The molecule has 0 radical (unpaired) electrons. The molecule has 82 valence electrons. The minimum Gasteiger partial charge on any atom is -0.377 e. The van der Waals surface area contributed by atoms with Crippen LogP contribution in [0.25, 0.3) is 0 Å². The van der Waals surface area contributed by atoms with Gasteiger partial charge >= 0.3 is 0 Å². The molecule has 1 aromatic rings. The van der Waals surface area contributed by atoms with E-state index in [-0.39, 0.29) is 5.54 Å². The molecule has 0 aliphatic carbocycles. The SMILES string of the molecule is NCC1(Nc2ccccc2)CCCNC1. The fourth-order valence-electron chi connectivity index (χ4n) is 2.13. The van der Waals surface area contributed by atoms with E-state index in [2.05, 4.69) is 22.8 Å². The third-order valence-corrected chi connectivity index (χ3v) is 3.05. The highest BCUT2D eigenvalue weighted by molar-refractivity contribution is 5.45. The molecule has 1 heterocycles. The van der Waals surface area contributed by atoms with Crippen molar-refractivity contribution in [3.8, 4) is 0 Å². The van der Waals surface area contributed by atoms with Crippen molar-refractivity contribution in [2.75, 3.05) is 25.0 Å². The highest BCUT2D eigenvalue weighted by Gasteiger charge is 2.29. The third-order valence-electron chi connectivity index (χ3n) is 3.05. The molecule has 2 rings (SSSR count). The monoisotopic (exact) mass is 205 g/mol. The van der Waals surface area contributed by atoms with Gasteiger partial charge in [-0.1, -0.05) is 18.2 Å². The van der Waals surface area contributed by atoms with Gasteiger partial charge in [0, 0.05) is 18.8 Å². The summed E-state index contributed by atoms with van der Waals surface area (Å²) in [5.74, 6) is 0. The Bertz CT molecular complexity index is 291. The molecule has 1 aliphatic heterocycles. The van der Waals surface area contributed by atoms with Crippen LogP contribution < -0.4 is 16.4 Å². The van der Waals surface area contributed by atoms with Gasteiger partial charge in [0.15, 0.2) is 0 Å². The summed E-state index contributed by atoms with van der Waals surface area (Å²) in [5.41, 5.74) is 7.08. The predicted molar refractivity (Wildman–Crippen MR) is 64.0 cm³/mol. The Labute approximate surface area is 91.1 Å². The molecular formula is C12H19N3. The van der Waals surface area contributed by atoms with Crippen LogP contribution in [0.15, 0.2) is 30.3 Å². The van der Waals surface area contributed by atoms with Crippen molar-refractivity contribution in [1.82, 2.24) is 5.32 Å². The van der Waals surface area contributed by atoms with Gasteiger partial charge < -0.3 is 16.4 Å². The smallest absolute Gasteiger partial charge is 0.0620 e. The van der Waals surface area contributed by atoms with Crippen molar-refractivity contribution in [2.45, 2.75) is 18.4 Å². The molecule has 1 aromatic carbocycles. The summed E-state index contributed by atoms with van der Waals surface area (Å²) in [5, 5.41) is 6.96. The lowest BCUT2D eigenvalue weighted by molar-refractivity contribution is 0.350. The summed E-state index contributed by atoms with van der Waals surface area (Å²) in [7, 11) is 0. The van der Waals surface area contributed by atoms with Crippen LogP contribution in [0.3, 0.4) is 0 Å². The van der Waals surface area contributed by atoms with Gasteiger partial charge in [0.05, 0.1) is 5.54 Å². The van der Waals surface area contributed by atoms with E-state index >= 15 is 0 Å². The van der Waals surface area contributed by atoms with Crippen LogP contribution in [0.5, 0.6) is 0 Å². The molecule has 3 nitrogen and oxygen atoms in total. The quantitative estimate of drug-likeness (QED) is 0.694. The Hall–Kier alpha value is -1.06. The second-order valence-electron chi connectivity index (χ2n) is 4.26. The molecule has 1 aliphatic rings. The molecule has 1 fully saturated rings. The summed E-state index contributed by atoms with van der Waals surface area (Å²) < 4.78 is 0. The van der Waals surface area contributed by atoms with Gasteiger partial charge in [-0.15, -0.1) is 0 Å². The van der Waals surface area contributed by atoms with E-state index in [0.29, 0.717) is 6.54 Å². The van der Waals surface area contributed by atoms with Crippen LogP contribution in [0, 0.1) is 0 Å². The maximum absolute atomic E-state index is 5.88. The first-order chi connectivity index (χ1) is 7.35. The molecule has 0 spiro atoms.